The Balaban J connectivity index is 2.11. The third kappa shape index (κ3) is 2.63. The molecule has 0 saturated carbocycles. The first kappa shape index (κ1) is 13.2. The van der Waals surface area contributed by atoms with Crippen LogP contribution in [0.3, 0.4) is 0 Å². The lowest BCUT2D eigenvalue weighted by atomic mass is 9.88. The van der Waals surface area contributed by atoms with E-state index >= 15 is 0 Å². The zero-order valence-corrected chi connectivity index (χ0v) is 10.2. The second-order valence-electron chi connectivity index (χ2n) is 5.13. The highest BCUT2D eigenvalue weighted by molar-refractivity contribution is 4.94. The summed E-state index contributed by atoms with van der Waals surface area (Å²) in [5.41, 5.74) is 0. The van der Waals surface area contributed by atoms with E-state index in [-0.39, 0.29) is 18.8 Å². The van der Waals surface area contributed by atoms with Gasteiger partial charge in [0.25, 0.3) is 0 Å². The lowest BCUT2D eigenvalue weighted by molar-refractivity contribution is -0.365. The van der Waals surface area contributed by atoms with Crippen LogP contribution in [0, 0.1) is 0 Å². The van der Waals surface area contributed by atoms with Crippen LogP contribution in [0.25, 0.3) is 0 Å². The van der Waals surface area contributed by atoms with Crippen molar-refractivity contribution in [2.45, 2.75) is 69.2 Å². The molecular formula is C12H22O5. The second-order valence-corrected chi connectivity index (χ2v) is 5.13. The predicted molar refractivity (Wildman–Crippen MR) is 60.3 cm³/mol. The minimum atomic E-state index is -1.07. The molecule has 3 N–H and O–H groups in total. The van der Waals surface area contributed by atoms with Crippen molar-refractivity contribution in [3.63, 3.8) is 0 Å². The molecule has 0 aliphatic carbocycles. The van der Waals surface area contributed by atoms with Gasteiger partial charge in [-0.25, -0.2) is 0 Å². The molecule has 5 atom stereocenters. The molecule has 100 valence electrons. The molecule has 2 aliphatic rings. The Morgan fingerprint density at radius 3 is 2.71 bits per heavy atom. The molecule has 5 nitrogen and oxygen atoms in total. The van der Waals surface area contributed by atoms with E-state index in [0.717, 1.165) is 12.8 Å². The van der Waals surface area contributed by atoms with Gasteiger partial charge in [0, 0.05) is 19.4 Å². The molecule has 5 heteroatoms. The Labute approximate surface area is 101 Å². The van der Waals surface area contributed by atoms with E-state index in [1.807, 2.05) is 6.92 Å². The van der Waals surface area contributed by atoms with E-state index in [1.165, 1.54) is 0 Å². The number of rotatable bonds is 2. The highest BCUT2D eigenvalue weighted by Crippen LogP contribution is 2.40. The Kier molecular flexibility index (Phi) is 4.05. The standard InChI is InChI=1S/C12H22O5/c1-8-3-2-5-12(16-8)11(15)10(14)7-9(17-12)4-6-13/h8-11,13-15H,2-7H2,1H3/t8?,9?,10?,11?,12-/m1/s1. The molecule has 0 radical (unpaired) electrons. The number of hydrogen-bond acceptors (Lipinski definition) is 5. The summed E-state index contributed by atoms with van der Waals surface area (Å²) in [6.07, 6.45) is 1.20. The highest BCUT2D eigenvalue weighted by Gasteiger charge is 2.51. The van der Waals surface area contributed by atoms with Crippen molar-refractivity contribution in [2.75, 3.05) is 6.61 Å². The van der Waals surface area contributed by atoms with Crippen LogP contribution in [0.2, 0.25) is 0 Å². The summed E-state index contributed by atoms with van der Waals surface area (Å²) < 4.78 is 11.6. The number of aliphatic hydroxyl groups is 3. The molecule has 1 spiro atoms. The summed E-state index contributed by atoms with van der Waals surface area (Å²) in [6.45, 7) is 1.96. The van der Waals surface area contributed by atoms with Crippen LogP contribution in [0.5, 0.6) is 0 Å². The van der Waals surface area contributed by atoms with Crippen LogP contribution >= 0.6 is 0 Å². The van der Waals surface area contributed by atoms with Crippen LogP contribution in [0.1, 0.15) is 39.0 Å². The number of hydrogen-bond donors (Lipinski definition) is 3. The number of aliphatic hydroxyl groups excluding tert-OH is 3. The maximum Gasteiger partial charge on any atom is 0.197 e. The average molecular weight is 246 g/mol. The zero-order chi connectivity index (χ0) is 12.5. The summed E-state index contributed by atoms with van der Waals surface area (Å²) in [6, 6.07) is 0. The van der Waals surface area contributed by atoms with E-state index in [9.17, 15) is 10.2 Å². The summed E-state index contributed by atoms with van der Waals surface area (Å²) in [5, 5.41) is 28.9. The largest absolute Gasteiger partial charge is 0.396 e. The van der Waals surface area contributed by atoms with Crippen LogP contribution in [-0.2, 0) is 9.47 Å². The topological polar surface area (TPSA) is 79.2 Å². The molecular weight excluding hydrogens is 224 g/mol. The van der Waals surface area contributed by atoms with Crippen molar-refractivity contribution in [2.24, 2.45) is 0 Å². The lowest BCUT2D eigenvalue weighted by Crippen LogP contribution is -2.61. The lowest BCUT2D eigenvalue weighted by Gasteiger charge is -2.49. The molecule has 0 aromatic carbocycles. The highest BCUT2D eigenvalue weighted by atomic mass is 16.7. The Bertz CT molecular complexity index is 259. The fourth-order valence-corrected chi connectivity index (χ4v) is 2.81. The first-order valence-electron chi connectivity index (χ1n) is 6.40. The van der Waals surface area contributed by atoms with Crippen LogP contribution in [-0.4, -0.2) is 52.1 Å². The third-order valence-corrected chi connectivity index (χ3v) is 3.67. The van der Waals surface area contributed by atoms with Gasteiger partial charge in [-0.3, -0.25) is 0 Å². The van der Waals surface area contributed by atoms with Gasteiger partial charge in [-0.1, -0.05) is 0 Å². The molecule has 17 heavy (non-hydrogen) atoms. The maximum absolute atomic E-state index is 10.1. The van der Waals surface area contributed by atoms with Crippen molar-refractivity contribution in [1.82, 2.24) is 0 Å². The van der Waals surface area contributed by atoms with Gasteiger partial charge in [-0.05, 0) is 26.2 Å². The minimum Gasteiger partial charge on any atom is -0.396 e. The van der Waals surface area contributed by atoms with Gasteiger partial charge >= 0.3 is 0 Å². The normalized spacial score (nSPS) is 47.3. The molecule has 0 aromatic heterocycles. The molecule has 2 heterocycles. The van der Waals surface area contributed by atoms with E-state index in [2.05, 4.69) is 0 Å². The third-order valence-electron chi connectivity index (χ3n) is 3.67. The first-order valence-corrected chi connectivity index (χ1v) is 6.40. The molecule has 0 aromatic rings. The van der Waals surface area contributed by atoms with Crippen molar-refractivity contribution < 1.29 is 24.8 Å². The Hall–Kier alpha value is -0.200. The van der Waals surface area contributed by atoms with Crippen molar-refractivity contribution in [3.8, 4) is 0 Å². The summed E-state index contributed by atoms with van der Waals surface area (Å²) in [7, 11) is 0. The summed E-state index contributed by atoms with van der Waals surface area (Å²) >= 11 is 0. The van der Waals surface area contributed by atoms with E-state index < -0.39 is 18.0 Å². The molecule has 2 fully saturated rings. The number of ether oxygens (including phenoxy) is 2. The molecule has 4 unspecified atom stereocenters. The van der Waals surface area contributed by atoms with Crippen LogP contribution in [0.15, 0.2) is 0 Å². The Morgan fingerprint density at radius 2 is 2.06 bits per heavy atom. The molecule has 2 saturated heterocycles. The van der Waals surface area contributed by atoms with Gasteiger partial charge in [0.15, 0.2) is 5.79 Å². The second kappa shape index (κ2) is 5.20. The molecule has 0 amide bonds. The first-order chi connectivity index (χ1) is 8.07. The molecule has 2 rings (SSSR count). The quantitative estimate of drug-likeness (QED) is 0.647. The summed E-state index contributed by atoms with van der Waals surface area (Å²) in [5.74, 6) is -1.07. The van der Waals surface area contributed by atoms with Gasteiger partial charge in [-0.15, -0.1) is 0 Å². The van der Waals surface area contributed by atoms with Crippen molar-refractivity contribution in [3.05, 3.63) is 0 Å². The fourth-order valence-electron chi connectivity index (χ4n) is 2.81. The minimum absolute atomic E-state index is 0.0130. The van der Waals surface area contributed by atoms with Gasteiger partial charge in [0.05, 0.1) is 18.3 Å². The summed E-state index contributed by atoms with van der Waals surface area (Å²) in [4.78, 5) is 0. The van der Waals surface area contributed by atoms with Crippen molar-refractivity contribution >= 4 is 0 Å². The van der Waals surface area contributed by atoms with Gasteiger partial charge in [-0.2, -0.15) is 0 Å². The van der Waals surface area contributed by atoms with E-state index in [0.29, 0.717) is 19.3 Å². The van der Waals surface area contributed by atoms with Crippen LogP contribution in [0.4, 0.5) is 0 Å². The van der Waals surface area contributed by atoms with E-state index in [4.69, 9.17) is 14.6 Å². The van der Waals surface area contributed by atoms with Crippen molar-refractivity contribution in [1.29, 1.82) is 0 Å². The SMILES string of the molecule is CC1CCC[C@@]2(O1)OC(CCO)CC(O)C2O. The van der Waals surface area contributed by atoms with Gasteiger partial charge < -0.3 is 24.8 Å². The fraction of sp³-hybridized carbons (Fsp3) is 1.00. The van der Waals surface area contributed by atoms with E-state index in [1.54, 1.807) is 0 Å². The monoisotopic (exact) mass is 246 g/mol. The predicted octanol–water partition coefficient (Wildman–Crippen LogP) is 0.165. The van der Waals surface area contributed by atoms with Crippen LogP contribution < -0.4 is 0 Å². The molecule has 2 aliphatic heterocycles. The Morgan fingerprint density at radius 1 is 1.29 bits per heavy atom. The van der Waals surface area contributed by atoms with Gasteiger partial charge in [0.1, 0.15) is 6.10 Å². The maximum atomic E-state index is 10.1. The zero-order valence-electron chi connectivity index (χ0n) is 10.2. The smallest absolute Gasteiger partial charge is 0.197 e. The van der Waals surface area contributed by atoms with Gasteiger partial charge in [0.2, 0.25) is 0 Å². The average Bonchev–Trinajstić information content (AvgIpc) is 2.26. The molecule has 0 bridgehead atoms.